The highest BCUT2D eigenvalue weighted by Crippen LogP contribution is 2.32. The number of nitrogens with one attached hydrogen (secondary N) is 1. The maximum atomic E-state index is 11.8. The van der Waals surface area contributed by atoms with Crippen molar-refractivity contribution in [1.82, 2.24) is 5.32 Å². The Kier molecular flexibility index (Phi) is 4.01. The number of hydrogen-bond donors (Lipinski definition) is 2. The fraction of sp³-hybridized carbons (Fsp3) is 0.385. The van der Waals surface area contributed by atoms with Crippen molar-refractivity contribution >= 4 is 27.8 Å². The quantitative estimate of drug-likeness (QED) is 0.873. The van der Waals surface area contributed by atoms with Crippen LogP contribution in [-0.2, 0) is 16.0 Å². The van der Waals surface area contributed by atoms with E-state index in [1.807, 2.05) is 24.3 Å². The monoisotopic (exact) mass is 311 g/mol. The normalized spacial score (nSPS) is 16.1. The van der Waals surface area contributed by atoms with Crippen LogP contribution < -0.4 is 5.32 Å². The van der Waals surface area contributed by atoms with Crippen molar-refractivity contribution in [2.24, 2.45) is 5.92 Å². The van der Waals surface area contributed by atoms with Gasteiger partial charge in [0.1, 0.15) is 6.04 Å². The van der Waals surface area contributed by atoms with Gasteiger partial charge in [0.25, 0.3) is 0 Å². The summed E-state index contributed by atoms with van der Waals surface area (Å²) in [7, 11) is 0. The van der Waals surface area contributed by atoms with Gasteiger partial charge in [-0.3, -0.25) is 4.79 Å². The van der Waals surface area contributed by atoms with Gasteiger partial charge in [0.15, 0.2) is 0 Å². The number of carbonyl (C=O) groups excluding carboxylic acids is 1. The predicted octanol–water partition coefficient (Wildman–Crippen LogP) is 1.97. The predicted molar refractivity (Wildman–Crippen MR) is 70.1 cm³/mol. The van der Waals surface area contributed by atoms with Gasteiger partial charge in [-0.1, -0.05) is 34.1 Å². The highest BCUT2D eigenvalue weighted by atomic mass is 79.9. The maximum Gasteiger partial charge on any atom is 0.326 e. The molecule has 1 saturated carbocycles. The molecule has 0 heterocycles. The van der Waals surface area contributed by atoms with Crippen LogP contribution in [0.4, 0.5) is 0 Å². The zero-order valence-electron chi connectivity index (χ0n) is 9.73. The Morgan fingerprint density at radius 3 is 2.61 bits per heavy atom. The van der Waals surface area contributed by atoms with E-state index in [1.54, 1.807) is 0 Å². The summed E-state index contributed by atoms with van der Waals surface area (Å²) in [6, 6.07) is 6.69. The van der Waals surface area contributed by atoms with Gasteiger partial charge in [-0.05, 0) is 30.4 Å². The zero-order chi connectivity index (χ0) is 13.1. The molecule has 1 aliphatic carbocycles. The standard InChI is InChI=1S/C13H14BrNO3/c14-10-4-2-1-3-9(10)7-11(16)15-12(13(17)18)8-5-6-8/h1-4,8,12H,5-7H2,(H,15,16)(H,17,18). The number of halogens is 1. The van der Waals surface area contributed by atoms with E-state index in [1.165, 1.54) is 0 Å². The molecule has 0 bridgehead atoms. The summed E-state index contributed by atoms with van der Waals surface area (Å²) in [5.74, 6) is -1.09. The average Bonchev–Trinajstić information content (AvgIpc) is 3.13. The van der Waals surface area contributed by atoms with Gasteiger partial charge < -0.3 is 10.4 Å². The first-order valence-electron chi connectivity index (χ1n) is 5.83. The van der Waals surface area contributed by atoms with Crippen molar-refractivity contribution in [3.63, 3.8) is 0 Å². The summed E-state index contributed by atoms with van der Waals surface area (Å²) in [6.07, 6.45) is 1.95. The van der Waals surface area contributed by atoms with E-state index in [0.29, 0.717) is 0 Å². The molecule has 0 radical (unpaired) electrons. The van der Waals surface area contributed by atoms with E-state index < -0.39 is 12.0 Å². The van der Waals surface area contributed by atoms with Gasteiger partial charge in [-0.15, -0.1) is 0 Å². The average molecular weight is 312 g/mol. The third-order valence-corrected chi connectivity index (χ3v) is 3.76. The molecule has 1 unspecified atom stereocenters. The molecule has 0 aliphatic heterocycles. The second-order valence-corrected chi connectivity index (χ2v) is 5.34. The minimum Gasteiger partial charge on any atom is -0.480 e. The Morgan fingerprint density at radius 1 is 1.39 bits per heavy atom. The first-order chi connectivity index (χ1) is 8.58. The van der Waals surface area contributed by atoms with Crippen LogP contribution in [0.5, 0.6) is 0 Å². The Morgan fingerprint density at radius 2 is 2.06 bits per heavy atom. The van der Waals surface area contributed by atoms with Gasteiger partial charge in [-0.25, -0.2) is 4.79 Å². The summed E-state index contributed by atoms with van der Waals surface area (Å²) in [5, 5.41) is 11.6. The summed E-state index contributed by atoms with van der Waals surface area (Å²) in [5.41, 5.74) is 0.856. The second-order valence-electron chi connectivity index (χ2n) is 4.49. The van der Waals surface area contributed by atoms with Crippen molar-refractivity contribution in [2.75, 3.05) is 0 Å². The van der Waals surface area contributed by atoms with Gasteiger partial charge in [0.2, 0.25) is 5.91 Å². The fourth-order valence-corrected chi connectivity index (χ4v) is 2.27. The van der Waals surface area contributed by atoms with Crippen LogP contribution in [0.1, 0.15) is 18.4 Å². The number of aliphatic carboxylic acids is 1. The topological polar surface area (TPSA) is 66.4 Å². The largest absolute Gasteiger partial charge is 0.480 e. The Bertz CT molecular complexity index is 471. The van der Waals surface area contributed by atoms with E-state index >= 15 is 0 Å². The SMILES string of the molecule is O=C(Cc1ccccc1Br)NC(C(=O)O)C1CC1. The minimum absolute atomic E-state index is 0.102. The summed E-state index contributed by atoms with van der Waals surface area (Å²) in [6.45, 7) is 0. The first-order valence-corrected chi connectivity index (χ1v) is 6.63. The summed E-state index contributed by atoms with van der Waals surface area (Å²) in [4.78, 5) is 22.8. The molecule has 0 aromatic heterocycles. The molecule has 5 heteroatoms. The number of hydrogen-bond acceptors (Lipinski definition) is 2. The molecule has 2 rings (SSSR count). The molecule has 1 aliphatic rings. The van der Waals surface area contributed by atoms with Gasteiger partial charge in [-0.2, -0.15) is 0 Å². The Hall–Kier alpha value is -1.36. The van der Waals surface area contributed by atoms with E-state index in [9.17, 15) is 9.59 Å². The van der Waals surface area contributed by atoms with E-state index in [4.69, 9.17) is 5.11 Å². The molecule has 96 valence electrons. The van der Waals surface area contributed by atoms with Crippen LogP contribution in [0.2, 0.25) is 0 Å². The number of amides is 1. The van der Waals surface area contributed by atoms with E-state index in [0.717, 1.165) is 22.9 Å². The third kappa shape index (κ3) is 3.32. The van der Waals surface area contributed by atoms with Crippen LogP contribution in [0.3, 0.4) is 0 Å². The second kappa shape index (κ2) is 5.52. The summed E-state index contributed by atoms with van der Waals surface area (Å²) >= 11 is 3.36. The lowest BCUT2D eigenvalue weighted by Crippen LogP contribution is -2.43. The van der Waals surface area contributed by atoms with Crippen LogP contribution >= 0.6 is 15.9 Å². The number of benzene rings is 1. The smallest absolute Gasteiger partial charge is 0.326 e. The van der Waals surface area contributed by atoms with Crippen molar-refractivity contribution < 1.29 is 14.7 Å². The van der Waals surface area contributed by atoms with Crippen LogP contribution in [0, 0.1) is 5.92 Å². The van der Waals surface area contributed by atoms with Gasteiger partial charge in [0, 0.05) is 4.47 Å². The van der Waals surface area contributed by atoms with Crippen molar-refractivity contribution in [2.45, 2.75) is 25.3 Å². The highest BCUT2D eigenvalue weighted by molar-refractivity contribution is 9.10. The molecule has 2 N–H and O–H groups in total. The minimum atomic E-state index is -0.946. The van der Waals surface area contributed by atoms with Gasteiger partial charge in [0.05, 0.1) is 6.42 Å². The molecular formula is C13H14BrNO3. The maximum absolute atomic E-state index is 11.8. The Balaban J connectivity index is 1.96. The van der Waals surface area contributed by atoms with Crippen LogP contribution in [0.25, 0.3) is 0 Å². The highest BCUT2D eigenvalue weighted by Gasteiger charge is 2.37. The number of rotatable bonds is 5. The zero-order valence-corrected chi connectivity index (χ0v) is 11.3. The molecule has 1 atom stereocenters. The number of carbonyl (C=O) groups is 2. The summed E-state index contributed by atoms with van der Waals surface area (Å²) < 4.78 is 0.860. The molecule has 1 amide bonds. The molecule has 0 spiro atoms. The van der Waals surface area contributed by atoms with E-state index in [2.05, 4.69) is 21.2 Å². The molecule has 1 aromatic carbocycles. The molecule has 0 saturated heterocycles. The van der Waals surface area contributed by atoms with Crippen LogP contribution in [0.15, 0.2) is 28.7 Å². The molecular weight excluding hydrogens is 298 g/mol. The molecule has 1 fully saturated rings. The molecule has 4 nitrogen and oxygen atoms in total. The van der Waals surface area contributed by atoms with Gasteiger partial charge >= 0.3 is 5.97 Å². The third-order valence-electron chi connectivity index (χ3n) is 2.98. The first kappa shape index (κ1) is 13.1. The lowest BCUT2D eigenvalue weighted by molar-refractivity contribution is -0.142. The van der Waals surface area contributed by atoms with Crippen molar-refractivity contribution in [1.29, 1.82) is 0 Å². The van der Waals surface area contributed by atoms with Crippen molar-refractivity contribution in [3.05, 3.63) is 34.3 Å². The lowest BCUT2D eigenvalue weighted by Gasteiger charge is -2.13. The Labute approximate surface area is 114 Å². The molecule has 18 heavy (non-hydrogen) atoms. The van der Waals surface area contributed by atoms with Crippen molar-refractivity contribution in [3.8, 4) is 0 Å². The lowest BCUT2D eigenvalue weighted by atomic mass is 10.1. The number of carboxylic acids is 1. The fourth-order valence-electron chi connectivity index (χ4n) is 1.85. The van der Waals surface area contributed by atoms with E-state index in [-0.39, 0.29) is 18.2 Å². The number of carboxylic acid groups (broad SMARTS) is 1. The van der Waals surface area contributed by atoms with Crippen LogP contribution in [-0.4, -0.2) is 23.0 Å². The molecule has 1 aromatic rings.